The second kappa shape index (κ2) is 10.4. The molecule has 0 atom stereocenters. The van der Waals surface area contributed by atoms with E-state index in [4.69, 9.17) is 4.74 Å². The van der Waals surface area contributed by atoms with Crippen molar-refractivity contribution in [3.63, 3.8) is 0 Å². The molecule has 0 aromatic heterocycles. The van der Waals surface area contributed by atoms with Gasteiger partial charge in [0.2, 0.25) is 0 Å². The summed E-state index contributed by atoms with van der Waals surface area (Å²) in [6, 6.07) is 22.2. The molecule has 0 unspecified atom stereocenters. The van der Waals surface area contributed by atoms with E-state index in [9.17, 15) is 9.59 Å². The molecule has 3 rings (SSSR count). The van der Waals surface area contributed by atoms with Crippen molar-refractivity contribution in [3.05, 3.63) is 98.4 Å². The van der Waals surface area contributed by atoms with E-state index >= 15 is 0 Å². The van der Waals surface area contributed by atoms with Crippen molar-refractivity contribution in [3.8, 4) is 5.75 Å². The maximum Gasteiger partial charge on any atom is 0.255 e. The van der Waals surface area contributed by atoms with E-state index in [2.05, 4.69) is 37.2 Å². The first-order valence-corrected chi connectivity index (χ1v) is 10.6. The Morgan fingerprint density at radius 1 is 0.793 bits per heavy atom. The van der Waals surface area contributed by atoms with E-state index in [1.807, 2.05) is 48.5 Å². The van der Waals surface area contributed by atoms with Crippen LogP contribution in [0.15, 0.2) is 81.7 Å². The molecule has 3 aromatic carbocycles. The van der Waals surface area contributed by atoms with Crippen molar-refractivity contribution in [2.45, 2.75) is 13.0 Å². The Labute approximate surface area is 186 Å². The molecule has 0 bridgehead atoms. The molecule has 0 fully saturated rings. The molecular weight excluding hydrogens is 498 g/mol. The van der Waals surface area contributed by atoms with Gasteiger partial charge >= 0.3 is 0 Å². The van der Waals surface area contributed by atoms with Crippen LogP contribution in [0.1, 0.15) is 21.5 Å². The molecule has 1 N–H and O–H groups in total. The number of halogens is 2. The first kappa shape index (κ1) is 21.3. The highest BCUT2D eigenvalue weighted by Gasteiger charge is 2.13. The van der Waals surface area contributed by atoms with Crippen LogP contribution >= 0.6 is 31.9 Å². The highest BCUT2D eigenvalue weighted by Crippen LogP contribution is 2.19. The van der Waals surface area contributed by atoms with Gasteiger partial charge in [0.15, 0.2) is 5.78 Å². The highest BCUT2D eigenvalue weighted by atomic mass is 79.9. The van der Waals surface area contributed by atoms with Gasteiger partial charge in [0.1, 0.15) is 12.4 Å². The summed E-state index contributed by atoms with van der Waals surface area (Å²) < 4.78 is 7.61. The minimum atomic E-state index is -0.246. The zero-order valence-corrected chi connectivity index (χ0v) is 18.7. The topological polar surface area (TPSA) is 55.4 Å². The van der Waals surface area contributed by atoms with Crippen LogP contribution in [0, 0.1) is 0 Å². The Hall–Kier alpha value is -2.44. The summed E-state index contributed by atoms with van der Waals surface area (Å²) in [7, 11) is 0. The first-order valence-electron chi connectivity index (χ1n) is 9.02. The maximum atomic E-state index is 12.6. The van der Waals surface area contributed by atoms with Crippen molar-refractivity contribution in [1.82, 2.24) is 5.32 Å². The quantitative estimate of drug-likeness (QED) is 0.440. The molecule has 148 valence electrons. The number of hydrogen-bond acceptors (Lipinski definition) is 3. The molecule has 0 heterocycles. The highest BCUT2D eigenvalue weighted by molar-refractivity contribution is 9.10. The molecule has 0 aliphatic rings. The van der Waals surface area contributed by atoms with E-state index in [0.717, 1.165) is 20.1 Å². The monoisotopic (exact) mass is 515 g/mol. The lowest BCUT2D eigenvalue weighted by molar-refractivity contribution is -0.120. The number of Topliss-reactive ketones (excluding diaryl/α,β-unsaturated/α-hetero) is 1. The number of ketones is 1. The largest absolute Gasteiger partial charge is 0.485 e. The van der Waals surface area contributed by atoms with Crippen molar-refractivity contribution in [2.24, 2.45) is 0 Å². The smallest absolute Gasteiger partial charge is 0.255 e. The van der Waals surface area contributed by atoms with Crippen LogP contribution in [0.3, 0.4) is 0 Å². The molecule has 0 spiro atoms. The summed E-state index contributed by atoms with van der Waals surface area (Å²) in [6.07, 6.45) is 0.283. The average molecular weight is 517 g/mol. The lowest BCUT2D eigenvalue weighted by Gasteiger charge is -2.11. The molecule has 0 aliphatic heterocycles. The van der Waals surface area contributed by atoms with Crippen LogP contribution in [0.2, 0.25) is 0 Å². The molecule has 0 saturated heterocycles. The first-order chi connectivity index (χ1) is 14.0. The fraction of sp³-hybridized carbons (Fsp3) is 0.130. The van der Waals surface area contributed by atoms with Gasteiger partial charge in [0, 0.05) is 21.9 Å². The summed E-state index contributed by atoms with van der Waals surface area (Å²) in [5.41, 5.74) is 2.31. The number of ether oxygens (including phenoxy) is 1. The third-order valence-corrected chi connectivity index (χ3v) is 5.26. The molecule has 0 radical (unpaired) electrons. The predicted molar refractivity (Wildman–Crippen MR) is 120 cm³/mol. The standard InChI is InChI=1S/C23H19Br2NO3/c24-18-9-5-16(6-10-18)13-20(27)15-29-22-4-2-1-3-21(22)23(28)26-14-17-7-11-19(25)12-8-17/h1-12H,13-15H2,(H,26,28). The second-order valence-corrected chi connectivity index (χ2v) is 8.27. The molecule has 4 nitrogen and oxygen atoms in total. The Bertz CT molecular complexity index is 986. The van der Waals surface area contributed by atoms with Gasteiger partial charge in [-0.3, -0.25) is 9.59 Å². The van der Waals surface area contributed by atoms with Gasteiger partial charge in [0.05, 0.1) is 5.56 Å². The van der Waals surface area contributed by atoms with E-state index in [1.165, 1.54) is 0 Å². The van der Waals surface area contributed by atoms with Crippen LogP contribution in [-0.2, 0) is 17.8 Å². The molecule has 3 aromatic rings. The fourth-order valence-electron chi connectivity index (χ4n) is 2.70. The Morgan fingerprint density at radius 2 is 1.38 bits per heavy atom. The van der Waals surface area contributed by atoms with Gasteiger partial charge in [0.25, 0.3) is 5.91 Å². The SMILES string of the molecule is O=C(COc1ccccc1C(=O)NCc1ccc(Br)cc1)Cc1ccc(Br)cc1. The number of carbonyl (C=O) groups is 2. The molecule has 6 heteroatoms. The maximum absolute atomic E-state index is 12.6. The Morgan fingerprint density at radius 3 is 2.03 bits per heavy atom. The van der Waals surface area contributed by atoms with Crippen molar-refractivity contribution < 1.29 is 14.3 Å². The number of rotatable bonds is 8. The summed E-state index contributed by atoms with van der Waals surface area (Å²) in [4.78, 5) is 24.8. The lowest BCUT2D eigenvalue weighted by atomic mass is 10.1. The summed E-state index contributed by atoms with van der Waals surface area (Å²) in [5.74, 6) is 0.0891. The number of hydrogen-bond donors (Lipinski definition) is 1. The average Bonchev–Trinajstić information content (AvgIpc) is 2.73. The number of carbonyl (C=O) groups excluding carboxylic acids is 2. The van der Waals surface area contributed by atoms with Crippen LogP contribution in [0.25, 0.3) is 0 Å². The second-order valence-electron chi connectivity index (χ2n) is 6.44. The van der Waals surface area contributed by atoms with Crippen LogP contribution in [-0.4, -0.2) is 18.3 Å². The van der Waals surface area contributed by atoms with Crippen LogP contribution in [0.5, 0.6) is 5.75 Å². The molecular formula is C23H19Br2NO3. The van der Waals surface area contributed by atoms with E-state index < -0.39 is 0 Å². The molecule has 1 amide bonds. The minimum absolute atomic E-state index is 0.0580. The van der Waals surface area contributed by atoms with Crippen LogP contribution in [0.4, 0.5) is 0 Å². The predicted octanol–water partition coefficient (Wildman–Crippen LogP) is 5.33. The van der Waals surface area contributed by atoms with Gasteiger partial charge in [-0.2, -0.15) is 0 Å². The zero-order chi connectivity index (χ0) is 20.6. The zero-order valence-electron chi connectivity index (χ0n) is 15.5. The summed E-state index contributed by atoms with van der Waals surface area (Å²) in [5, 5.41) is 2.88. The van der Waals surface area contributed by atoms with Gasteiger partial charge in [-0.25, -0.2) is 0 Å². The Balaban J connectivity index is 1.57. The van der Waals surface area contributed by atoms with Gasteiger partial charge in [-0.05, 0) is 47.5 Å². The molecule has 0 aliphatic carbocycles. The van der Waals surface area contributed by atoms with Crippen molar-refractivity contribution >= 4 is 43.6 Å². The molecule has 0 saturated carbocycles. The lowest BCUT2D eigenvalue weighted by Crippen LogP contribution is -2.24. The van der Waals surface area contributed by atoms with E-state index in [-0.39, 0.29) is 24.7 Å². The molecule has 29 heavy (non-hydrogen) atoms. The minimum Gasteiger partial charge on any atom is -0.485 e. The normalized spacial score (nSPS) is 10.4. The van der Waals surface area contributed by atoms with Crippen molar-refractivity contribution in [1.29, 1.82) is 0 Å². The van der Waals surface area contributed by atoms with Gasteiger partial charge in [-0.15, -0.1) is 0 Å². The number of nitrogens with one attached hydrogen (secondary N) is 1. The summed E-state index contributed by atoms with van der Waals surface area (Å²) in [6.45, 7) is 0.315. The van der Waals surface area contributed by atoms with Gasteiger partial charge in [-0.1, -0.05) is 68.3 Å². The van der Waals surface area contributed by atoms with Gasteiger partial charge < -0.3 is 10.1 Å². The van der Waals surface area contributed by atoms with E-state index in [0.29, 0.717) is 17.9 Å². The summed E-state index contributed by atoms with van der Waals surface area (Å²) >= 11 is 6.77. The fourth-order valence-corrected chi connectivity index (χ4v) is 3.23. The Kier molecular flexibility index (Phi) is 7.61. The third kappa shape index (κ3) is 6.54. The number of amides is 1. The van der Waals surface area contributed by atoms with E-state index in [1.54, 1.807) is 24.3 Å². The third-order valence-electron chi connectivity index (χ3n) is 4.20. The number of para-hydroxylation sites is 1. The van der Waals surface area contributed by atoms with Crippen molar-refractivity contribution in [2.75, 3.05) is 6.61 Å². The van der Waals surface area contributed by atoms with Crippen LogP contribution < -0.4 is 10.1 Å². The number of benzene rings is 3.